The summed E-state index contributed by atoms with van der Waals surface area (Å²) in [6.07, 6.45) is 1.43. The molecule has 0 radical (unpaired) electrons. The first-order valence-corrected chi connectivity index (χ1v) is 7.45. The molecule has 0 aromatic heterocycles. The van der Waals surface area contributed by atoms with Crippen molar-refractivity contribution in [1.29, 1.82) is 0 Å². The van der Waals surface area contributed by atoms with E-state index in [1.807, 2.05) is 0 Å². The molecule has 20 heavy (non-hydrogen) atoms. The van der Waals surface area contributed by atoms with Crippen LogP contribution in [0.5, 0.6) is 5.75 Å². The smallest absolute Gasteiger partial charge is 0.339 e. The van der Waals surface area contributed by atoms with Crippen LogP contribution in [0, 0.1) is 0 Å². The Morgan fingerprint density at radius 2 is 2.20 bits per heavy atom. The number of hydrogen-bond acceptors (Lipinski definition) is 4. The second kappa shape index (κ2) is 6.53. The summed E-state index contributed by atoms with van der Waals surface area (Å²) in [7, 11) is -3.80. The molecule has 0 saturated carbocycles. The number of carboxylic acid groups (broad SMARTS) is 1. The predicted octanol–water partition coefficient (Wildman–Crippen LogP) is 1.64. The molecule has 1 rings (SSSR count). The van der Waals surface area contributed by atoms with Crippen molar-refractivity contribution >= 4 is 16.0 Å². The highest BCUT2D eigenvalue weighted by Crippen LogP contribution is 2.23. The summed E-state index contributed by atoms with van der Waals surface area (Å²) in [5.41, 5.74) is -0.194. The summed E-state index contributed by atoms with van der Waals surface area (Å²) in [6.45, 7) is 7.11. The highest BCUT2D eigenvalue weighted by molar-refractivity contribution is 7.89. The Kier molecular flexibility index (Phi) is 5.29. The minimum atomic E-state index is -3.80. The lowest BCUT2D eigenvalue weighted by atomic mass is 10.2. The Morgan fingerprint density at radius 1 is 1.55 bits per heavy atom. The molecule has 0 fully saturated rings. The second-order valence-electron chi connectivity index (χ2n) is 4.04. The lowest BCUT2D eigenvalue weighted by Gasteiger charge is -2.12. The van der Waals surface area contributed by atoms with Gasteiger partial charge in [-0.05, 0) is 32.0 Å². The molecule has 1 unspecified atom stereocenters. The van der Waals surface area contributed by atoms with Gasteiger partial charge in [0.1, 0.15) is 11.3 Å². The van der Waals surface area contributed by atoms with Crippen molar-refractivity contribution in [3.05, 3.63) is 36.4 Å². The third-order valence-electron chi connectivity index (χ3n) is 2.49. The van der Waals surface area contributed by atoms with Crippen LogP contribution in [0.4, 0.5) is 0 Å². The third kappa shape index (κ3) is 3.82. The number of carboxylic acids is 1. The zero-order valence-electron chi connectivity index (χ0n) is 11.3. The SMILES string of the molecule is C=CC(C)NS(=O)(=O)c1ccc(OCC)c(C(=O)O)c1. The van der Waals surface area contributed by atoms with Gasteiger partial charge in [0.05, 0.1) is 11.5 Å². The van der Waals surface area contributed by atoms with E-state index in [4.69, 9.17) is 9.84 Å². The molecule has 2 N–H and O–H groups in total. The molecule has 1 aromatic carbocycles. The zero-order valence-corrected chi connectivity index (χ0v) is 12.1. The average Bonchev–Trinajstić information content (AvgIpc) is 2.38. The van der Waals surface area contributed by atoms with Crippen LogP contribution in [-0.2, 0) is 10.0 Å². The summed E-state index contributed by atoms with van der Waals surface area (Å²) >= 11 is 0. The Hall–Kier alpha value is -1.86. The van der Waals surface area contributed by atoms with Gasteiger partial charge < -0.3 is 9.84 Å². The maximum Gasteiger partial charge on any atom is 0.339 e. The third-order valence-corrected chi connectivity index (χ3v) is 4.04. The normalized spacial score (nSPS) is 12.7. The van der Waals surface area contributed by atoms with Crippen LogP contribution in [0.1, 0.15) is 24.2 Å². The standard InChI is InChI=1S/C13H17NO5S/c1-4-9(3)14-20(17,18)10-6-7-12(19-5-2)11(8-10)13(15)16/h4,6-9,14H,1,5H2,2-3H3,(H,15,16). The van der Waals surface area contributed by atoms with E-state index in [9.17, 15) is 13.2 Å². The number of benzene rings is 1. The Bertz CT molecular complexity index is 609. The summed E-state index contributed by atoms with van der Waals surface area (Å²) in [5, 5.41) is 9.10. The van der Waals surface area contributed by atoms with Crippen LogP contribution in [0.2, 0.25) is 0 Å². The van der Waals surface area contributed by atoms with Crippen LogP contribution in [0.25, 0.3) is 0 Å². The molecule has 0 aliphatic rings. The number of sulfonamides is 1. The maximum absolute atomic E-state index is 12.1. The van der Waals surface area contributed by atoms with Crippen LogP contribution >= 0.6 is 0 Å². The van der Waals surface area contributed by atoms with E-state index in [0.717, 1.165) is 6.07 Å². The Balaban J connectivity index is 3.24. The topological polar surface area (TPSA) is 92.7 Å². The first kappa shape index (κ1) is 16.2. The zero-order chi connectivity index (χ0) is 15.3. The largest absolute Gasteiger partial charge is 0.493 e. The molecular weight excluding hydrogens is 282 g/mol. The van der Waals surface area contributed by atoms with E-state index in [2.05, 4.69) is 11.3 Å². The molecule has 0 heterocycles. The number of aromatic carboxylic acids is 1. The fraction of sp³-hybridized carbons (Fsp3) is 0.308. The summed E-state index contributed by atoms with van der Waals surface area (Å²) in [5.74, 6) is -1.11. The van der Waals surface area contributed by atoms with Crippen LogP contribution in [0.3, 0.4) is 0 Å². The van der Waals surface area contributed by atoms with Crippen molar-refractivity contribution in [2.45, 2.75) is 24.8 Å². The van der Waals surface area contributed by atoms with E-state index >= 15 is 0 Å². The van der Waals surface area contributed by atoms with E-state index < -0.39 is 22.0 Å². The van der Waals surface area contributed by atoms with Crippen molar-refractivity contribution < 1.29 is 23.1 Å². The molecule has 1 atom stereocenters. The molecule has 0 aliphatic carbocycles. The average molecular weight is 299 g/mol. The Morgan fingerprint density at radius 3 is 2.70 bits per heavy atom. The minimum Gasteiger partial charge on any atom is -0.493 e. The quantitative estimate of drug-likeness (QED) is 0.747. The summed E-state index contributed by atoms with van der Waals surface area (Å²) < 4.78 is 31.6. The fourth-order valence-corrected chi connectivity index (χ4v) is 2.73. The van der Waals surface area contributed by atoms with E-state index in [1.54, 1.807) is 13.8 Å². The molecule has 1 aromatic rings. The fourth-order valence-electron chi connectivity index (χ4n) is 1.49. The van der Waals surface area contributed by atoms with Gasteiger partial charge >= 0.3 is 5.97 Å². The molecular formula is C13H17NO5S. The number of ether oxygens (including phenoxy) is 1. The summed E-state index contributed by atoms with van der Waals surface area (Å²) in [4.78, 5) is 11.0. The van der Waals surface area contributed by atoms with Gasteiger partial charge in [-0.25, -0.2) is 17.9 Å². The molecule has 0 bridgehead atoms. The lowest BCUT2D eigenvalue weighted by Crippen LogP contribution is -2.31. The van der Waals surface area contributed by atoms with Gasteiger partial charge in [-0.2, -0.15) is 0 Å². The lowest BCUT2D eigenvalue weighted by molar-refractivity contribution is 0.0692. The highest BCUT2D eigenvalue weighted by atomic mass is 32.2. The first-order valence-electron chi connectivity index (χ1n) is 5.96. The van der Waals surface area contributed by atoms with Gasteiger partial charge in [-0.15, -0.1) is 6.58 Å². The molecule has 0 saturated heterocycles. The van der Waals surface area contributed by atoms with E-state index in [1.165, 1.54) is 18.2 Å². The van der Waals surface area contributed by atoms with Crippen LogP contribution in [-0.4, -0.2) is 32.1 Å². The maximum atomic E-state index is 12.1. The molecule has 7 heteroatoms. The van der Waals surface area contributed by atoms with Crippen molar-refractivity contribution in [3.8, 4) is 5.75 Å². The van der Waals surface area contributed by atoms with E-state index in [-0.39, 0.29) is 22.8 Å². The second-order valence-corrected chi connectivity index (χ2v) is 5.76. The number of hydrogen-bond donors (Lipinski definition) is 2. The molecule has 0 amide bonds. The predicted molar refractivity (Wildman–Crippen MR) is 74.6 cm³/mol. The van der Waals surface area contributed by atoms with Gasteiger partial charge in [0, 0.05) is 6.04 Å². The first-order chi connectivity index (χ1) is 9.31. The Labute approximate surface area is 118 Å². The number of carbonyl (C=O) groups is 1. The van der Waals surface area contributed by atoms with Gasteiger partial charge in [-0.1, -0.05) is 6.08 Å². The number of rotatable bonds is 7. The van der Waals surface area contributed by atoms with Crippen molar-refractivity contribution in [1.82, 2.24) is 4.72 Å². The van der Waals surface area contributed by atoms with Crippen molar-refractivity contribution in [2.75, 3.05) is 6.61 Å². The van der Waals surface area contributed by atoms with Gasteiger partial charge in [0.2, 0.25) is 10.0 Å². The molecule has 0 spiro atoms. The van der Waals surface area contributed by atoms with Gasteiger partial charge in [0.15, 0.2) is 0 Å². The minimum absolute atomic E-state index is 0.132. The van der Waals surface area contributed by atoms with E-state index in [0.29, 0.717) is 0 Å². The van der Waals surface area contributed by atoms with Crippen LogP contribution < -0.4 is 9.46 Å². The van der Waals surface area contributed by atoms with Crippen molar-refractivity contribution in [3.63, 3.8) is 0 Å². The molecule has 6 nitrogen and oxygen atoms in total. The van der Waals surface area contributed by atoms with Crippen molar-refractivity contribution in [2.24, 2.45) is 0 Å². The molecule has 110 valence electrons. The van der Waals surface area contributed by atoms with Gasteiger partial charge in [0.25, 0.3) is 0 Å². The summed E-state index contributed by atoms with van der Waals surface area (Å²) in [6, 6.07) is 3.25. The number of nitrogens with one attached hydrogen (secondary N) is 1. The van der Waals surface area contributed by atoms with Gasteiger partial charge in [-0.3, -0.25) is 0 Å². The van der Waals surface area contributed by atoms with Crippen LogP contribution in [0.15, 0.2) is 35.7 Å². The highest BCUT2D eigenvalue weighted by Gasteiger charge is 2.20. The molecule has 0 aliphatic heterocycles. The monoisotopic (exact) mass is 299 g/mol.